The van der Waals surface area contributed by atoms with Crippen molar-refractivity contribution < 1.29 is 13.3 Å². The van der Waals surface area contributed by atoms with Gasteiger partial charge in [0.05, 0.1) is 10.7 Å². The average Bonchev–Trinajstić information content (AvgIpc) is 2.56. The standard InChI is InChI=1S/C17H20N2O4S2/c1-14-5-7-15(8-6-14)12-24-10-9-18-25(22,23)13-16-3-2-4-17(11-16)19(20)21/h2-8,11,18H,9-10,12-13H2,1H3. The van der Waals surface area contributed by atoms with Crippen LogP contribution < -0.4 is 4.72 Å². The maximum absolute atomic E-state index is 12.1. The Morgan fingerprint density at radius 2 is 1.84 bits per heavy atom. The first-order valence-electron chi connectivity index (χ1n) is 7.70. The van der Waals surface area contributed by atoms with Gasteiger partial charge in [0.2, 0.25) is 10.0 Å². The monoisotopic (exact) mass is 380 g/mol. The largest absolute Gasteiger partial charge is 0.269 e. The van der Waals surface area contributed by atoms with Crippen LogP contribution in [-0.4, -0.2) is 25.6 Å². The zero-order chi connectivity index (χ0) is 18.3. The van der Waals surface area contributed by atoms with Crippen molar-refractivity contribution in [2.24, 2.45) is 0 Å². The van der Waals surface area contributed by atoms with Crippen LogP contribution in [0.4, 0.5) is 5.69 Å². The average molecular weight is 380 g/mol. The summed E-state index contributed by atoms with van der Waals surface area (Å²) >= 11 is 1.65. The molecule has 25 heavy (non-hydrogen) atoms. The van der Waals surface area contributed by atoms with E-state index in [0.29, 0.717) is 17.9 Å². The summed E-state index contributed by atoms with van der Waals surface area (Å²) in [4.78, 5) is 10.2. The Morgan fingerprint density at radius 1 is 1.12 bits per heavy atom. The summed E-state index contributed by atoms with van der Waals surface area (Å²) in [5, 5.41) is 10.7. The lowest BCUT2D eigenvalue weighted by molar-refractivity contribution is -0.384. The third kappa shape index (κ3) is 6.85. The molecular formula is C17H20N2O4S2. The molecule has 0 aliphatic heterocycles. The molecule has 0 atom stereocenters. The van der Waals surface area contributed by atoms with E-state index < -0.39 is 14.9 Å². The van der Waals surface area contributed by atoms with Crippen molar-refractivity contribution >= 4 is 27.5 Å². The lowest BCUT2D eigenvalue weighted by Gasteiger charge is -2.07. The molecule has 0 fully saturated rings. The van der Waals surface area contributed by atoms with Gasteiger partial charge in [-0.1, -0.05) is 42.0 Å². The molecule has 1 N–H and O–H groups in total. The topological polar surface area (TPSA) is 89.3 Å². The van der Waals surface area contributed by atoms with E-state index >= 15 is 0 Å². The minimum atomic E-state index is -3.51. The Bertz CT molecular complexity index is 821. The Kier molecular flexibility index (Phi) is 6.98. The number of rotatable bonds is 9. The van der Waals surface area contributed by atoms with Gasteiger partial charge in [-0.05, 0) is 18.1 Å². The van der Waals surface area contributed by atoms with E-state index in [0.717, 1.165) is 5.75 Å². The van der Waals surface area contributed by atoms with Crippen LogP contribution in [0.1, 0.15) is 16.7 Å². The molecule has 0 heterocycles. The van der Waals surface area contributed by atoms with E-state index in [9.17, 15) is 18.5 Å². The Morgan fingerprint density at radius 3 is 2.52 bits per heavy atom. The Hall–Kier alpha value is -1.90. The quantitative estimate of drug-likeness (QED) is 0.410. The van der Waals surface area contributed by atoms with Crippen LogP contribution in [-0.2, 0) is 21.5 Å². The van der Waals surface area contributed by atoms with E-state index in [4.69, 9.17) is 0 Å². The maximum atomic E-state index is 12.1. The summed E-state index contributed by atoms with van der Waals surface area (Å²) in [6, 6.07) is 13.9. The zero-order valence-electron chi connectivity index (χ0n) is 13.8. The van der Waals surface area contributed by atoms with Crippen molar-refractivity contribution in [3.63, 3.8) is 0 Å². The maximum Gasteiger partial charge on any atom is 0.269 e. The van der Waals surface area contributed by atoms with E-state index in [-0.39, 0.29) is 11.4 Å². The van der Waals surface area contributed by atoms with Crippen molar-refractivity contribution in [1.82, 2.24) is 4.72 Å². The summed E-state index contributed by atoms with van der Waals surface area (Å²) in [6.07, 6.45) is 0. The molecule has 2 aromatic carbocycles. The third-order valence-electron chi connectivity index (χ3n) is 3.44. The summed E-state index contributed by atoms with van der Waals surface area (Å²) < 4.78 is 26.7. The fourth-order valence-electron chi connectivity index (χ4n) is 2.17. The molecule has 0 unspecified atom stereocenters. The third-order valence-corrected chi connectivity index (χ3v) is 5.82. The highest BCUT2D eigenvalue weighted by molar-refractivity contribution is 7.98. The predicted octanol–water partition coefficient (Wildman–Crippen LogP) is 3.26. The molecule has 0 aliphatic carbocycles. The molecule has 0 amide bonds. The molecule has 6 nitrogen and oxygen atoms in total. The number of nitro groups is 1. The van der Waals surface area contributed by atoms with Gasteiger partial charge in [0, 0.05) is 30.2 Å². The molecular weight excluding hydrogens is 360 g/mol. The van der Waals surface area contributed by atoms with Crippen molar-refractivity contribution in [2.75, 3.05) is 12.3 Å². The van der Waals surface area contributed by atoms with Crippen molar-refractivity contribution in [3.05, 3.63) is 75.3 Å². The van der Waals surface area contributed by atoms with Crippen LogP contribution >= 0.6 is 11.8 Å². The number of nitro benzene ring substituents is 1. The van der Waals surface area contributed by atoms with Crippen LogP contribution in [0, 0.1) is 17.0 Å². The van der Waals surface area contributed by atoms with E-state index in [1.54, 1.807) is 17.8 Å². The number of nitrogens with zero attached hydrogens (tertiary/aromatic N) is 1. The van der Waals surface area contributed by atoms with Crippen LogP contribution in [0.2, 0.25) is 0 Å². The first-order chi connectivity index (χ1) is 11.9. The normalized spacial score (nSPS) is 11.4. The molecule has 0 aliphatic rings. The van der Waals surface area contributed by atoms with Gasteiger partial charge in [-0.2, -0.15) is 11.8 Å². The summed E-state index contributed by atoms with van der Waals surface area (Å²) in [6.45, 7) is 2.36. The summed E-state index contributed by atoms with van der Waals surface area (Å²) in [7, 11) is -3.51. The van der Waals surface area contributed by atoms with Gasteiger partial charge in [0.1, 0.15) is 0 Å². The smallest absolute Gasteiger partial charge is 0.258 e. The van der Waals surface area contributed by atoms with Gasteiger partial charge < -0.3 is 0 Å². The lowest BCUT2D eigenvalue weighted by atomic mass is 10.2. The summed E-state index contributed by atoms with van der Waals surface area (Å²) in [5.74, 6) is 1.21. The number of hydrogen-bond donors (Lipinski definition) is 1. The number of non-ortho nitro benzene ring substituents is 1. The number of hydrogen-bond acceptors (Lipinski definition) is 5. The van der Waals surface area contributed by atoms with Gasteiger partial charge in [0.15, 0.2) is 0 Å². The Balaban J connectivity index is 1.76. The van der Waals surface area contributed by atoms with Crippen LogP contribution in [0.3, 0.4) is 0 Å². The second-order valence-corrected chi connectivity index (χ2v) is 8.53. The highest BCUT2D eigenvalue weighted by atomic mass is 32.2. The first kappa shape index (κ1) is 19.4. The van der Waals surface area contributed by atoms with Gasteiger partial charge >= 0.3 is 0 Å². The predicted molar refractivity (Wildman–Crippen MR) is 101 cm³/mol. The zero-order valence-corrected chi connectivity index (χ0v) is 15.5. The molecule has 2 rings (SSSR count). The molecule has 134 valence electrons. The van der Waals surface area contributed by atoms with Gasteiger partial charge in [-0.15, -0.1) is 0 Å². The molecule has 0 spiro atoms. The lowest BCUT2D eigenvalue weighted by Crippen LogP contribution is -2.27. The Labute approximate surface area is 151 Å². The fraction of sp³-hybridized carbons (Fsp3) is 0.294. The minimum Gasteiger partial charge on any atom is -0.258 e. The number of nitrogens with one attached hydrogen (secondary N) is 1. The SMILES string of the molecule is Cc1ccc(CSCCNS(=O)(=O)Cc2cccc([N+](=O)[O-])c2)cc1. The molecule has 0 radical (unpaired) electrons. The van der Waals surface area contributed by atoms with Crippen LogP contribution in [0.15, 0.2) is 48.5 Å². The molecule has 0 aromatic heterocycles. The van der Waals surface area contributed by atoms with E-state index in [1.165, 1.54) is 29.3 Å². The molecule has 0 saturated carbocycles. The first-order valence-corrected chi connectivity index (χ1v) is 10.5. The highest BCUT2D eigenvalue weighted by Gasteiger charge is 2.13. The molecule has 0 saturated heterocycles. The van der Waals surface area contributed by atoms with Crippen LogP contribution in [0.5, 0.6) is 0 Å². The minimum absolute atomic E-state index is 0.110. The van der Waals surface area contributed by atoms with Gasteiger partial charge in [-0.25, -0.2) is 13.1 Å². The van der Waals surface area contributed by atoms with Gasteiger partial charge in [0.25, 0.3) is 5.69 Å². The van der Waals surface area contributed by atoms with Crippen molar-refractivity contribution in [3.8, 4) is 0 Å². The molecule has 0 bridgehead atoms. The molecule has 8 heteroatoms. The van der Waals surface area contributed by atoms with Crippen LogP contribution in [0.25, 0.3) is 0 Å². The fourth-order valence-corrected chi connectivity index (χ4v) is 4.26. The molecule has 2 aromatic rings. The van der Waals surface area contributed by atoms with E-state index in [2.05, 4.69) is 29.0 Å². The summed E-state index contributed by atoms with van der Waals surface area (Å²) in [5.41, 5.74) is 2.70. The number of aryl methyl sites for hydroxylation is 1. The van der Waals surface area contributed by atoms with Crippen molar-refractivity contribution in [2.45, 2.75) is 18.4 Å². The van der Waals surface area contributed by atoms with Crippen molar-refractivity contribution in [1.29, 1.82) is 0 Å². The second kappa shape index (κ2) is 8.98. The second-order valence-electron chi connectivity index (χ2n) is 5.62. The van der Waals surface area contributed by atoms with Gasteiger partial charge in [-0.3, -0.25) is 10.1 Å². The van der Waals surface area contributed by atoms with E-state index in [1.807, 2.05) is 6.92 Å². The number of sulfonamides is 1. The number of benzene rings is 2. The number of thioether (sulfide) groups is 1. The highest BCUT2D eigenvalue weighted by Crippen LogP contribution is 2.15.